The molecule has 4 rings (SSSR count). The van der Waals surface area contributed by atoms with Crippen molar-refractivity contribution in [3.8, 4) is 22.8 Å². The number of phenolic OH excluding ortho intramolecular Hbond substituents is 2. The summed E-state index contributed by atoms with van der Waals surface area (Å²) in [6.07, 6.45) is -3.33. The van der Waals surface area contributed by atoms with Crippen LogP contribution in [0.2, 0.25) is 0 Å². The number of nitrogens with zero attached hydrogens (tertiary/aromatic N) is 3. The van der Waals surface area contributed by atoms with E-state index in [9.17, 15) is 31.8 Å². The molecule has 2 heterocycles. The molecule has 0 unspecified atom stereocenters. The lowest BCUT2D eigenvalue weighted by atomic mass is 10.1. The molecule has 0 fully saturated rings. The van der Waals surface area contributed by atoms with E-state index < -0.39 is 22.0 Å². The number of halogens is 3. The average molecular weight is 506 g/mol. The highest BCUT2D eigenvalue weighted by Crippen LogP contribution is 2.31. The monoisotopic (exact) mass is 506 g/mol. The van der Waals surface area contributed by atoms with Gasteiger partial charge in [0.2, 0.25) is 0 Å². The van der Waals surface area contributed by atoms with Crippen LogP contribution in [-0.4, -0.2) is 38.1 Å². The Bertz CT molecular complexity index is 1420. The van der Waals surface area contributed by atoms with Crippen molar-refractivity contribution in [2.24, 2.45) is 0 Å². The predicted octanol–water partition coefficient (Wildman–Crippen LogP) is 4.65. The second kappa shape index (κ2) is 10.4. The maximum Gasteiger partial charge on any atom is 0.433 e. The molecule has 0 radical (unpaired) electrons. The Labute approximate surface area is 197 Å². The Balaban J connectivity index is 0.000000287. The summed E-state index contributed by atoms with van der Waals surface area (Å²) in [4.78, 5) is 11.4. The first-order valence-electron chi connectivity index (χ1n) is 9.62. The molecule has 182 valence electrons. The van der Waals surface area contributed by atoms with Crippen LogP contribution >= 0.6 is 0 Å². The first-order valence-corrected chi connectivity index (χ1v) is 11.1. The molecule has 0 aliphatic heterocycles. The second-order valence-electron chi connectivity index (χ2n) is 6.81. The van der Waals surface area contributed by atoms with Crippen molar-refractivity contribution in [3.63, 3.8) is 0 Å². The standard InChI is InChI=1S/C16H11F3N4O2.C6H6O3S/c17-16(18,19)13-2-1-3-14(22-13)23-15-7-10(20-8-21-15)9-4-5-11(24)12(25)6-9;7-10(8,9)6-4-2-1-3-5-6/h1-8,24-25H,(H,20,21,22,23);1-5H,(H,7,8,9). The molecule has 0 aliphatic rings. The normalized spacial score (nSPS) is 11.3. The molecule has 0 amide bonds. The largest absolute Gasteiger partial charge is 0.504 e. The predicted molar refractivity (Wildman–Crippen MR) is 120 cm³/mol. The zero-order valence-electron chi connectivity index (χ0n) is 17.5. The number of benzene rings is 2. The number of anilines is 2. The van der Waals surface area contributed by atoms with Crippen molar-refractivity contribution >= 4 is 21.8 Å². The SMILES string of the molecule is O=S(=O)(O)c1ccccc1.Oc1ccc(-c2cc(Nc3cccc(C(F)(F)F)n3)ncn2)cc1O. The lowest BCUT2D eigenvalue weighted by Gasteiger charge is -2.10. The number of alkyl halides is 3. The highest BCUT2D eigenvalue weighted by molar-refractivity contribution is 7.85. The first-order chi connectivity index (χ1) is 16.4. The Morgan fingerprint density at radius 3 is 2.11 bits per heavy atom. The van der Waals surface area contributed by atoms with Gasteiger partial charge in [-0.05, 0) is 42.5 Å². The van der Waals surface area contributed by atoms with Crippen LogP contribution in [0, 0.1) is 0 Å². The van der Waals surface area contributed by atoms with Gasteiger partial charge >= 0.3 is 6.18 Å². The van der Waals surface area contributed by atoms with Crippen molar-refractivity contribution in [1.82, 2.24) is 15.0 Å². The van der Waals surface area contributed by atoms with E-state index in [4.69, 9.17) is 4.55 Å². The number of hydrogen-bond donors (Lipinski definition) is 4. The molecule has 0 atom stereocenters. The zero-order chi connectivity index (χ0) is 25.6. The smallest absolute Gasteiger partial charge is 0.433 e. The number of rotatable bonds is 4. The number of pyridine rings is 1. The van der Waals surface area contributed by atoms with Crippen LogP contribution in [0.1, 0.15) is 5.69 Å². The average Bonchev–Trinajstić information content (AvgIpc) is 2.81. The number of phenols is 2. The van der Waals surface area contributed by atoms with Gasteiger partial charge in [0, 0.05) is 11.6 Å². The van der Waals surface area contributed by atoms with Gasteiger partial charge < -0.3 is 15.5 Å². The van der Waals surface area contributed by atoms with E-state index in [0.29, 0.717) is 11.3 Å². The number of hydrogen-bond acceptors (Lipinski definition) is 8. The quantitative estimate of drug-likeness (QED) is 0.230. The van der Waals surface area contributed by atoms with Crippen molar-refractivity contribution < 1.29 is 36.4 Å². The molecule has 13 heteroatoms. The van der Waals surface area contributed by atoms with Crippen LogP contribution in [0.5, 0.6) is 11.5 Å². The molecular formula is C22H17F3N4O5S. The summed E-state index contributed by atoms with van der Waals surface area (Å²) < 4.78 is 67.3. The van der Waals surface area contributed by atoms with Crippen LogP contribution in [0.15, 0.2) is 84.0 Å². The second-order valence-corrected chi connectivity index (χ2v) is 8.23. The number of nitrogens with one attached hydrogen (secondary N) is 1. The molecule has 2 aromatic heterocycles. The van der Waals surface area contributed by atoms with E-state index in [-0.39, 0.29) is 28.0 Å². The molecular weight excluding hydrogens is 489 g/mol. The Hall–Kier alpha value is -4.23. The highest BCUT2D eigenvalue weighted by Gasteiger charge is 2.32. The fraction of sp³-hybridized carbons (Fsp3) is 0.0455. The summed E-state index contributed by atoms with van der Waals surface area (Å²) >= 11 is 0. The summed E-state index contributed by atoms with van der Waals surface area (Å²) in [6, 6.07) is 16.5. The Morgan fingerprint density at radius 2 is 1.51 bits per heavy atom. The Morgan fingerprint density at radius 1 is 0.800 bits per heavy atom. The van der Waals surface area contributed by atoms with Crippen molar-refractivity contribution in [1.29, 1.82) is 0 Å². The van der Waals surface area contributed by atoms with Crippen LogP contribution < -0.4 is 5.32 Å². The molecule has 35 heavy (non-hydrogen) atoms. The lowest BCUT2D eigenvalue weighted by molar-refractivity contribution is -0.141. The molecule has 0 bridgehead atoms. The van der Waals surface area contributed by atoms with Gasteiger partial charge in [-0.2, -0.15) is 21.6 Å². The minimum absolute atomic E-state index is 0.0203. The highest BCUT2D eigenvalue weighted by atomic mass is 32.2. The van der Waals surface area contributed by atoms with Gasteiger partial charge in [-0.25, -0.2) is 15.0 Å². The third kappa shape index (κ3) is 7.12. The molecule has 2 aromatic carbocycles. The van der Waals surface area contributed by atoms with E-state index in [1.165, 1.54) is 54.9 Å². The Kier molecular flexibility index (Phi) is 7.52. The van der Waals surface area contributed by atoms with Gasteiger partial charge in [0.1, 0.15) is 23.7 Å². The summed E-state index contributed by atoms with van der Waals surface area (Å²) in [5.41, 5.74) is -0.118. The van der Waals surface area contributed by atoms with Gasteiger partial charge in [0.15, 0.2) is 11.5 Å². The van der Waals surface area contributed by atoms with Crippen LogP contribution in [0.25, 0.3) is 11.3 Å². The minimum Gasteiger partial charge on any atom is -0.504 e. The van der Waals surface area contributed by atoms with Gasteiger partial charge in [-0.3, -0.25) is 4.55 Å². The van der Waals surface area contributed by atoms with Crippen LogP contribution in [0.3, 0.4) is 0 Å². The summed E-state index contributed by atoms with van der Waals surface area (Å²) in [7, 11) is -4.00. The number of aromatic nitrogens is 3. The van der Waals surface area contributed by atoms with Gasteiger partial charge in [0.25, 0.3) is 10.1 Å². The van der Waals surface area contributed by atoms with Gasteiger partial charge in [-0.1, -0.05) is 24.3 Å². The van der Waals surface area contributed by atoms with Crippen molar-refractivity contribution in [3.05, 3.63) is 84.8 Å². The summed E-state index contributed by atoms with van der Waals surface area (Å²) in [5, 5.41) is 21.6. The minimum atomic E-state index is -4.54. The molecule has 0 saturated carbocycles. The summed E-state index contributed by atoms with van der Waals surface area (Å²) in [5.74, 6) is -0.382. The number of aromatic hydroxyl groups is 2. The molecule has 0 saturated heterocycles. The van der Waals surface area contributed by atoms with E-state index in [0.717, 1.165) is 6.07 Å². The van der Waals surface area contributed by atoms with E-state index >= 15 is 0 Å². The van der Waals surface area contributed by atoms with Crippen molar-refractivity contribution in [2.45, 2.75) is 11.1 Å². The molecule has 9 nitrogen and oxygen atoms in total. The maximum atomic E-state index is 12.7. The van der Waals surface area contributed by atoms with Crippen LogP contribution in [-0.2, 0) is 16.3 Å². The molecule has 4 N–H and O–H groups in total. The van der Waals surface area contributed by atoms with E-state index in [1.54, 1.807) is 18.2 Å². The fourth-order valence-electron chi connectivity index (χ4n) is 2.65. The van der Waals surface area contributed by atoms with Gasteiger partial charge in [0.05, 0.1) is 10.6 Å². The van der Waals surface area contributed by atoms with Crippen molar-refractivity contribution in [2.75, 3.05) is 5.32 Å². The van der Waals surface area contributed by atoms with E-state index in [1.807, 2.05) is 0 Å². The van der Waals surface area contributed by atoms with E-state index in [2.05, 4.69) is 20.3 Å². The lowest BCUT2D eigenvalue weighted by Crippen LogP contribution is -2.09. The third-order valence-corrected chi connectivity index (χ3v) is 5.14. The third-order valence-electron chi connectivity index (χ3n) is 4.27. The fourth-order valence-corrected chi connectivity index (χ4v) is 3.15. The zero-order valence-corrected chi connectivity index (χ0v) is 18.4. The maximum absolute atomic E-state index is 12.7. The van der Waals surface area contributed by atoms with Gasteiger partial charge in [-0.15, -0.1) is 0 Å². The summed E-state index contributed by atoms with van der Waals surface area (Å²) in [6.45, 7) is 0. The van der Waals surface area contributed by atoms with Crippen LogP contribution in [0.4, 0.5) is 24.8 Å². The molecule has 0 spiro atoms. The molecule has 4 aromatic rings. The first kappa shape index (κ1) is 25.4. The molecule has 0 aliphatic carbocycles. The topological polar surface area (TPSA) is 146 Å².